The molecule has 9 heteroatoms. The summed E-state index contributed by atoms with van der Waals surface area (Å²) in [5.74, 6) is -2.60. The number of hydrogen-bond donors (Lipinski definition) is 2. The molecule has 0 aliphatic rings. The van der Waals surface area contributed by atoms with E-state index in [-0.39, 0.29) is 23.0 Å². The van der Waals surface area contributed by atoms with E-state index in [0.29, 0.717) is 0 Å². The van der Waals surface area contributed by atoms with Gasteiger partial charge in [0.1, 0.15) is 10.7 Å². The first-order valence-electron chi connectivity index (χ1n) is 5.65. The maximum atomic E-state index is 12.0. The van der Waals surface area contributed by atoms with Gasteiger partial charge in [-0.1, -0.05) is 6.92 Å². The molecule has 20 heavy (non-hydrogen) atoms. The van der Waals surface area contributed by atoms with Crippen molar-refractivity contribution in [3.8, 4) is 0 Å². The third kappa shape index (κ3) is 3.58. The summed E-state index contributed by atoms with van der Waals surface area (Å²) in [7, 11) is -2.57. The molecule has 1 atom stereocenters. The van der Waals surface area contributed by atoms with Gasteiger partial charge in [-0.3, -0.25) is 9.59 Å². The summed E-state index contributed by atoms with van der Waals surface area (Å²) < 4.78 is 27.6. The Hall–Kier alpha value is -1.87. The largest absolute Gasteiger partial charge is 0.481 e. The van der Waals surface area contributed by atoms with Crippen LogP contribution in [0.15, 0.2) is 15.4 Å². The van der Waals surface area contributed by atoms with Gasteiger partial charge >= 0.3 is 5.97 Å². The van der Waals surface area contributed by atoms with Crippen LogP contribution in [0.3, 0.4) is 0 Å². The molecule has 0 aromatic carbocycles. The monoisotopic (exact) mass is 304 g/mol. The van der Waals surface area contributed by atoms with E-state index in [9.17, 15) is 18.0 Å². The van der Waals surface area contributed by atoms with E-state index in [1.807, 2.05) is 0 Å². The maximum absolute atomic E-state index is 12.0. The standard InChI is InChI=1S/C11H16N2O6S/c1-6(11(15)16)5-13(3)10(14)8-4-9(7(2)19-8)20(12,17)18/h4,6H,5H2,1-3H3,(H,15,16)(H2,12,17,18). The molecule has 0 spiro atoms. The van der Waals surface area contributed by atoms with Gasteiger partial charge in [-0.25, -0.2) is 13.6 Å². The fraction of sp³-hybridized carbons (Fsp3) is 0.455. The van der Waals surface area contributed by atoms with E-state index in [1.54, 1.807) is 0 Å². The molecular formula is C11H16N2O6S. The highest BCUT2D eigenvalue weighted by molar-refractivity contribution is 7.89. The van der Waals surface area contributed by atoms with E-state index in [1.165, 1.54) is 20.9 Å². The highest BCUT2D eigenvalue weighted by Crippen LogP contribution is 2.20. The molecule has 1 aromatic heterocycles. The Morgan fingerprint density at radius 3 is 2.45 bits per heavy atom. The molecule has 3 N–H and O–H groups in total. The lowest BCUT2D eigenvalue weighted by Crippen LogP contribution is -2.33. The van der Waals surface area contributed by atoms with Gasteiger partial charge in [0.2, 0.25) is 10.0 Å². The van der Waals surface area contributed by atoms with Gasteiger partial charge in [-0.2, -0.15) is 0 Å². The van der Waals surface area contributed by atoms with Crippen molar-refractivity contribution in [3.05, 3.63) is 17.6 Å². The molecule has 1 aromatic rings. The van der Waals surface area contributed by atoms with Gasteiger partial charge in [0.15, 0.2) is 5.76 Å². The van der Waals surface area contributed by atoms with Crippen LogP contribution in [0.5, 0.6) is 0 Å². The van der Waals surface area contributed by atoms with Crippen LogP contribution in [0.2, 0.25) is 0 Å². The molecule has 1 rings (SSSR count). The normalized spacial score (nSPS) is 13.0. The number of aryl methyl sites for hydroxylation is 1. The van der Waals surface area contributed by atoms with E-state index in [2.05, 4.69) is 0 Å². The van der Waals surface area contributed by atoms with Gasteiger partial charge in [0.05, 0.1) is 5.92 Å². The van der Waals surface area contributed by atoms with Crippen LogP contribution >= 0.6 is 0 Å². The minimum atomic E-state index is -3.97. The summed E-state index contributed by atoms with van der Waals surface area (Å²) in [6, 6.07) is 1.04. The number of sulfonamides is 1. The Morgan fingerprint density at radius 2 is 2.05 bits per heavy atom. The third-order valence-corrected chi connectivity index (χ3v) is 3.72. The number of nitrogens with two attached hydrogens (primary N) is 1. The second-order valence-corrected chi connectivity index (χ2v) is 6.03. The molecule has 8 nitrogen and oxygen atoms in total. The van der Waals surface area contributed by atoms with E-state index < -0.39 is 27.8 Å². The molecule has 0 aliphatic heterocycles. The first-order valence-corrected chi connectivity index (χ1v) is 7.20. The molecule has 0 saturated carbocycles. The predicted octanol–water partition coefficient (Wildman–Crippen LogP) is 0.0281. The number of rotatable bonds is 5. The summed E-state index contributed by atoms with van der Waals surface area (Å²) in [5.41, 5.74) is 0. The number of aliphatic carboxylic acids is 1. The zero-order valence-electron chi connectivity index (χ0n) is 11.3. The van der Waals surface area contributed by atoms with Crippen LogP contribution in [-0.4, -0.2) is 43.9 Å². The highest BCUT2D eigenvalue weighted by atomic mass is 32.2. The number of hydrogen-bond acceptors (Lipinski definition) is 5. The minimum absolute atomic E-state index is 0.00975. The van der Waals surface area contributed by atoms with Crippen LogP contribution < -0.4 is 5.14 Å². The van der Waals surface area contributed by atoms with Crippen molar-refractivity contribution in [2.24, 2.45) is 11.1 Å². The fourth-order valence-corrected chi connectivity index (χ4v) is 2.33. The molecule has 1 amide bonds. The SMILES string of the molecule is Cc1oc(C(=O)N(C)CC(C)C(=O)O)cc1S(N)(=O)=O. The first-order chi connectivity index (χ1) is 9.04. The lowest BCUT2D eigenvalue weighted by atomic mass is 10.2. The number of carbonyl (C=O) groups is 2. The molecule has 0 saturated heterocycles. The van der Waals surface area contributed by atoms with Crippen molar-refractivity contribution >= 4 is 21.9 Å². The summed E-state index contributed by atoms with van der Waals surface area (Å²) in [5, 5.41) is 13.8. The van der Waals surface area contributed by atoms with Crippen LogP contribution in [0.25, 0.3) is 0 Å². The van der Waals surface area contributed by atoms with Crippen molar-refractivity contribution < 1.29 is 27.5 Å². The molecule has 0 radical (unpaired) electrons. The highest BCUT2D eigenvalue weighted by Gasteiger charge is 2.24. The average molecular weight is 304 g/mol. The summed E-state index contributed by atoms with van der Waals surface area (Å²) in [6.45, 7) is 2.80. The number of furan rings is 1. The van der Waals surface area contributed by atoms with E-state index in [4.69, 9.17) is 14.7 Å². The second-order valence-electron chi connectivity index (χ2n) is 4.50. The molecule has 1 unspecified atom stereocenters. The van der Waals surface area contributed by atoms with Crippen LogP contribution in [0, 0.1) is 12.8 Å². The van der Waals surface area contributed by atoms with Gasteiger partial charge in [0, 0.05) is 19.7 Å². The van der Waals surface area contributed by atoms with E-state index >= 15 is 0 Å². The lowest BCUT2D eigenvalue weighted by molar-refractivity contribution is -0.141. The second kappa shape index (κ2) is 5.63. The quantitative estimate of drug-likeness (QED) is 0.789. The fourth-order valence-electron chi connectivity index (χ4n) is 1.61. The van der Waals surface area contributed by atoms with Crippen LogP contribution in [-0.2, 0) is 14.8 Å². The van der Waals surface area contributed by atoms with Crippen LogP contribution in [0.4, 0.5) is 0 Å². The maximum Gasteiger partial charge on any atom is 0.308 e. The zero-order chi connectivity index (χ0) is 15.7. The smallest absolute Gasteiger partial charge is 0.308 e. The Labute approximate surface area is 116 Å². The van der Waals surface area contributed by atoms with E-state index in [0.717, 1.165) is 11.0 Å². The topological polar surface area (TPSA) is 131 Å². The van der Waals surface area contributed by atoms with Crippen molar-refractivity contribution in [3.63, 3.8) is 0 Å². The Kier molecular flexibility index (Phi) is 4.56. The molecule has 0 aliphatic carbocycles. The number of carboxylic acid groups (broad SMARTS) is 1. The average Bonchev–Trinajstić information content (AvgIpc) is 2.69. The third-order valence-electron chi connectivity index (χ3n) is 2.71. The molecule has 0 bridgehead atoms. The van der Waals surface area contributed by atoms with Crippen molar-refractivity contribution in [1.82, 2.24) is 4.90 Å². The predicted molar refractivity (Wildman–Crippen MR) is 68.6 cm³/mol. The number of carboxylic acids is 1. The van der Waals surface area contributed by atoms with Gasteiger partial charge in [-0.15, -0.1) is 0 Å². The van der Waals surface area contributed by atoms with Gasteiger partial charge in [0.25, 0.3) is 5.91 Å². The van der Waals surface area contributed by atoms with Crippen molar-refractivity contribution in [2.45, 2.75) is 18.7 Å². The molecule has 1 heterocycles. The Morgan fingerprint density at radius 1 is 1.50 bits per heavy atom. The Balaban J connectivity index is 2.96. The number of nitrogens with zero attached hydrogens (tertiary/aromatic N) is 1. The molecule has 0 fully saturated rings. The summed E-state index contributed by atoms with van der Waals surface area (Å²) in [4.78, 5) is 23.6. The number of primary sulfonamides is 1. The number of amides is 1. The molecular weight excluding hydrogens is 288 g/mol. The summed E-state index contributed by atoms with van der Waals surface area (Å²) >= 11 is 0. The first kappa shape index (κ1) is 16.2. The van der Waals surface area contributed by atoms with Crippen molar-refractivity contribution in [1.29, 1.82) is 0 Å². The summed E-state index contributed by atoms with van der Waals surface area (Å²) in [6.07, 6.45) is 0. The molecule has 112 valence electrons. The van der Waals surface area contributed by atoms with Gasteiger partial charge < -0.3 is 14.4 Å². The lowest BCUT2D eigenvalue weighted by Gasteiger charge is -2.17. The minimum Gasteiger partial charge on any atom is -0.481 e. The zero-order valence-corrected chi connectivity index (χ0v) is 12.1. The van der Waals surface area contributed by atoms with Crippen molar-refractivity contribution in [2.75, 3.05) is 13.6 Å². The van der Waals surface area contributed by atoms with Crippen LogP contribution in [0.1, 0.15) is 23.2 Å². The van der Waals surface area contributed by atoms with Gasteiger partial charge in [-0.05, 0) is 6.92 Å². The Bertz CT molecular complexity index is 633. The number of carbonyl (C=O) groups excluding carboxylic acids is 1.